The Morgan fingerprint density at radius 2 is 1.97 bits per heavy atom. The number of nitro groups is 1. The Bertz CT molecular complexity index is 1080. The van der Waals surface area contributed by atoms with Gasteiger partial charge in [-0.15, -0.1) is 0 Å². The summed E-state index contributed by atoms with van der Waals surface area (Å²) >= 11 is 0. The molecule has 0 aromatic heterocycles. The molecule has 0 saturated heterocycles. The molecule has 2 aromatic rings. The molecule has 1 amide bonds. The van der Waals surface area contributed by atoms with E-state index < -0.39 is 28.4 Å². The molecular formula is C19H14F3N3O6. The molecule has 0 saturated carbocycles. The largest absolute Gasteiger partial charge is 0.487 e. The van der Waals surface area contributed by atoms with Gasteiger partial charge in [0.2, 0.25) is 0 Å². The maximum Gasteiger partial charge on any atom is 0.416 e. The zero-order valence-electron chi connectivity index (χ0n) is 15.8. The Labute approximate surface area is 172 Å². The van der Waals surface area contributed by atoms with Crippen molar-refractivity contribution in [2.45, 2.75) is 6.18 Å². The number of anilines is 1. The van der Waals surface area contributed by atoms with E-state index in [1.165, 1.54) is 25.3 Å². The normalized spacial score (nSPS) is 13.9. The first kappa shape index (κ1) is 21.8. The van der Waals surface area contributed by atoms with E-state index in [0.29, 0.717) is 0 Å². The van der Waals surface area contributed by atoms with E-state index in [4.69, 9.17) is 9.57 Å². The van der Waals surface area contributed by atoms with Crippen LogP contribution in [0.4, 0.5) is 24.5 Å². The molecule has 1 N–H and O–H groups in total. The second-order valence-electron chi connectivity index (χ2n) is 6.24. The zero-order valence-corrected chi connectivity index (χ0v) is 15.8. The molecular weight excluding hydrogens is 423 g/mol. The molecule has 162 valence electrons. The molecule has 0 bridgehead atoms. The average molecular weight is 437 g/mol. The minimum Gasteiger partial charge on any atom is -0.487 e. The van der Waals surface area contributed by atoms with Gasteiger partial charge in [0.15, 0.2) is 0 Å². The Balaban J connectivity index is 1.85. The second kappa shape index (κ2) is 8.44. The monoisotopic (exact) mass is 437 g/mol. The summed E-state index contributed by atoms with van der Waals surface area (Å²) in [5.74, 6) is -1.99. The minimum absolute atomic E-state index is 0.0847. The van der Waals surface area contributed by atoms with Crippen LogP contribution >= 0.6 is 0 Å². The summed E-state index contributed by atoms with van der Waals surface area (Å²) in [6, 6.07) is 7.56. The van der Waals surface area contributed by atoms with Crippen LogP contribution in [0.3, 0.4) is 0 Å². The number of non-ortho nitro benzene ring substituents is 1. The quantitative estimate of drug-likeness (QED) is 0.402. The number of rotatable bonds is 7. The number of fused-ring (bicyclic) bond motifs is 1. The van der Waals surface area contributed by atoms with Crippen LogP contribution < -0.4 is 15.1 Å². The molecule has 1 aliphatic heterocycles. The summed E-state index contributed by atoms with van der Waals surface area (Å²) in [6.45, 7) is -0.338. The average Bonchev–Trinajstić information content (AvgIpc) is 2.96. The van der Waals surface area contributed by atoms with Crippen molar-refractivity contribution in [3.05, 3.63) is 75.6 Å². The third kappa shape index (κ3) is 4.64. The van der Waals surface area contributed by atoms with E-state index in [1.54, 1.807) is 0 Å². The van der Waals surface area contributed by atoms with Crippen molar-refractivity contribution < 1.29 is 37.3 Å². The highest BCUT2D eigenvalue weighted by Gasteiger charge is 2.36. The molecule has 0 radical (unpaired) electrons. The van der Waals surface area contributed by atoms with Crippen molar-refractivity contribution in [3.8, 4) is 5.75 Å². The van der Waals surface area contributed by atoms with E-state index >= 15 is 0 Å². The second-order valence-corrected chi connectivity index (χ2v) is 6.24. The first-order valence-electron chi connectivity index (χ1n) is 8.58. The van der Waals surface area contributed by atoms with Crippen LogP contribution in [0, 0.1) is 10.1 Å². The third-order valence-corrected chi connectivity index (χ3v) is 4.18. The first-order valence-corrected chi connectivity index (χ1v) is 8.58. The lowest BCUT2D eigenvalue weighted by atomic mass is 10.1. The predicted octanol–water partition coefficient (Wildman–Crippen LogP) is 3.21. The van der Waals surface area contributed by atoms with Gasteiger partial charge in [0, 0.05) is 18.3 Å². The van der Waals surface area contributed by atoms with Gasteiger partial charge in [0.1, 0.15) is 12.4 Å². The molecule has 1 aliphatic rings. The Morgan fingerprint density at radius 3 is 2.61 bits per heavy atom. The molecule has 3 rings (SSSR count). The topological polar surface area (TPSA) is 111 Å². The third-order valence-electron chi connectivity index (χ3n) is 4.18. The van der Waals surface area contributed by atoms with Crippen LogP contribution in [0.15, 0.2) is 54.4 Å². The van der Waals surface area contributed by atoms with Crippen molar-refractivity contribution in [2.24, 2.45) is 0 Å². The number of halogens is 3. The fraction of sp³-hybridized carbons (Fsp3) is 0.158. The Hall–Kier alpha value is -3.93. The molecule has 2 aromatic carbocycles. The number of hydrogen-bond acceptors (Lipinski definition) is 7. The van der Waals surface area contributed by atoms with Crippen molar-refractivity contribution in [1.29, 1.82) is 0 Å². The number of nitrogens with one attached hydrogen (secondary N) is 1. The number of amides is 1. The lowest BCUT2D eigenvalue weighted by Crippen LogP contribution is -2.28. The minimum atomic E-state index is -4.54. The van der Waals surface area contributed by atoms with Crippen molar-refractivity contribution in [1.82, 2.24) is 5.48 Å². The number of hydroxylamine groups is 1. The summed E-state index contributed by atoms with van der Waals surface area (Å²) in [7, 11) is 1.26. The number of alkyl halides is 3. The molecule has 1 heterocycles. The smallest absolute Gasteiger partial charge is 0.416 e. The summed E-state index contributed by atoms with van der Waals surface area (Å²) < 4.78 is 43.9. The Morgan fingerprint density at radius 1 is 1.23 bits per heavy atom. The maximum absolute atomic E-state index is 12.8. The van der Waals surface area contributed by atoms with Gasteiger partial charge < -0.3 is 4.74 Å². The highest BCUT2D eigenvalue weighted by Crippen LogP contribution is 2.33. The Kier molecular flexibility index (Phi) is 5.92. The predicted molar refractivity (Wildman–Crippen MR) is 100 cm³/mol. The van der Waals surface area contributed by atoms with Gasteiger partial charge in [-0.05, 0) is 24.3 Å². The van der Waals surface area contributed by atoms with Crippen LogP contribution in [0.25, 0.3) is 0 Å². The van der Waals surface area contributed by atoms with Gasteiger partial charge in [-0.25, -0.2) is 0 Å². The van der Waals surface area contributed by atoms with Gasteiger partial charge in [0.25, 0.3) is 11.5 Å². The number of ketones is 1. The van der Waals surface area contributed by atoms with Crippen molar-refractivity contribution in [3.63, 3.8) is 0 Å². The lowest BCUT2D eigenvalue weighted by Gasteiger charge is -2.16. The molecule has 31 heavy (non-hydrogen) atoms. The highest BCUT2D eigenvalue weighted by molar-refractivity contribution is 6.52. The number of Topliss-reactive ketones (excluding diaryl/α,β-unsaturated/α-hetero) is 1. The maximum atomic E-state index is 12.8. The summed E-state index contributed by atoms with van der Waals surface area (Å²) in [5, 5.41) is 10.9. The molecule has 0 fully saturated rings. The number of nitrogens with zero attached hydrogens (tertiary/aromatic N) is 2. The zero-order chi connectivity index (χ0) is 22.8. The van der Waals surface area contributed by atoms with Crippen LogP contribution in [-0.4, -0.2) is 30.3 Å². The van der Waals surface area contributed by atoms with Crippen LogP contribution in [0.5, 0.6) is 5.75 Å². The summed E-state index contributed by atoms with van der Waals surface area (Å²) in [5.41, 5.74) is 1.22. The van der Waals surface area contributed by atoms with Crippen LogP contribution in [0.1, 0.15) is 15.9 Å². The van der Waals surface area contributed by atoms with Gasteiger partial charge >= 0.3 is 12.1 Å². The summed E-state index contributed by atoms with van der Waals surface area (Å²) in [4.78, 5) is 40.5. The van der Waals surface area contributed by atoms with E-state index in [-0.39, 0.29) is 35.0 Å². The van der Waals surface area contributed by atoms with E-state index in [0.717, 1.165) is 35.4 Å². The molecule has 0 spiro atoms. The molecule has 0 atom stereocenters. The van der Waals surface area contributed by atoms with Gasteiger partial charge in [0.05, 0.1) is 34.5 Å². The number of nitro benzene ring substituents is 1. The van der Waals surface area contributed by atoms with Gasteiger partial charge in [-0.2, -0.15) is 13.2 Å². The van der Waals surface area contributed by atoms with Crippen molar-refractivity contribution >= 4 is 23.1 Å². The van der Waals surface area contributed by atoms with Gasteiger partial charge in [-0.1, -0.05) is 6.07 Å². The fourth-order valence-electron chi connectivity index (χ4n) is 2.80. The molecule has 0 unspecified atom stereocenters. The van der Waals surface area contributed by atoms with Crippen LogP contribution in [-0.2, 0) is 15.8 Å². The number of benzene rings is 2. The number of carbonyl (C=O) groups excluding carboxylic acids is 2. The highest BCUT2D eigenvalue weighted by atomic mass is 19.4. The lowest BCUT2D eigenvalue weighted by molar-refractivity contribution is -0.384. The number of hydrogen-bond donors (Lipinski definition) is 1. The number of carbonyl (C=O) groups is 2. The molecule has 12 heteroatoms. The van der Waals surface area contributed by atoms with E-state index in [9.17, 15) is 32.9 Å². The standard InChI is InChI=1S/C19H14F3N3O6/c1-30-23-12(10-31-14-4-2-3-11(7-14)19(20,21)22)9-24-16-6-5-13(25(28)29)8-15(16)17(26)18(24)27/h2-9,23H,10H2,1H3. The van der Waals surface area contributed by atoms with E-state index in [1.807, 2.05) is 0 Å². The summed E-state index contributed by atoms with van der Waals surface area (Å²) in [6.07, 6.45) is -3.38. The van der Waals surface area contributed by atoms with Crippen LogP contribution in [0.2, 0.25) is 0 Å². The van der Waals surface area contributed by atoms with Crippen molar-refractivity contribution in [2.75, 3.05) is 18.6 Å². The first-order chi connectivity index (χ1) is 14.6. The molecule has 9 nitrogen and oxygen atoms in total. The fourth-order valence-corrected chi connectivity index (χ4v) is 2.80. The van der Waals surface area contributed by atoms with Gasteiger partial charge in [-0.3, -0.25) is 34.9 Å². The SMILES string of the molecule is CONC(=CN1C(=O)C(=O)c2cc([N+](=O)[O-])ccc21)COc1cccc(C(F)(F)F)c1. The van der Waals surface area contributed by atoms with E-state index in [2.05, 4.69) is 5.48 Å². The number of ether oxygens (including phenoxy) is 1. The molecule has 0 aliphatic carbocycles.